The van der Waals surface area contributed by atoms with Gasteiger partial charge in [-0.3, -0.25) is 9.59 Å². The molecule has 6 nitrogen and oxygen atoms in total. The average molecular weight is 431 g/mol. The number of esters is 1. The van der Waals surface area contributed by atoms with Crippen LogP contribution < -0.4 is 19.6 Å². The number of hydrogen-bond acceptors (Lipinski definition) is 7. The lowest BCUT2D eigenvalue weighted by Gasteiger charge is -2.29. The number of methoxy groups -OCH3 is 3. The molecule has 0 aliphatic heterocycles. The van der Waals surface area contributed by atoms with Crippen molar-refractivity contribution < 1.29 is 23.7 Å². The molecule has 0 amide bonds. The lowest BCUT2D eigenvalue weighted by Crippen LogP contribution is -2.19. The van der Waals surface area contributed by atoms with Gasteiger partial charge in [-0.1, -0.05) is 13.0 Å². The van der Waals surface area contributed by atoms with Crippen LogP contribution in [0.25, 0.3) is 11.1 Å². The van der Waals surface area contributed by atoms with E-state index in [1.807, 2.05) is 24.5 Å². The largest absolute Gasteiger partial charge is 0.493 e. The Bertz CT molecular complexity index is 1020. The Labute approximate surface area is 180 Å². The maximum atomic E-state index is 12.7. The molecule has 2 aromatic carbocycles. The van der Waals surface area contributed by atoms with E-state index in [4.69, 9.17) is 18.9 Å². The van der Waals surface area contributed by atoms with E-state index in [9.17, 15) is 9.59 Å². The van der Waals surface area contributed by atoms with Crippen molar-refractivity contribution in [3.05, 3.63) is 45.6 Å². The number of benzene rings is 1. The number of carbonyl (C=O) groups is 1. The normalized spacial score (nSPS) is 14.4. The fraction of sp³-hybridized carbons (Fsp3) is 0.391. The summed E-state index contributed by atoms with van der Waals surface area (Å²) in [5.41, 5.74) is 3.49. The highest BCUT2D eigenvalue weighted by Gasteiger charge is 2.31. The van der Waals surface area contributed by atoms with E-state index in [1.54, 1.807) is 34.3 Å². The summed E-state index contributed by atoms with van der Waals surface area (Å²) < 4.78 is 22.3. The molecule has 0 unspecified atom stereocenters. The van der Waals surface area contributed by atoms with E-state index in [0.717, 1.165) is 22.3 Å². The van der Waals surface area contributed by atoms with Gasteiger partial charge < -0.3 is 18.9 Å². The average Bonchev–Trinajstić information content (AvgIpc) is 2.93. The van der Waals surface area contributed by atoms with Crippen molar-refractivity contribution in [3.8, 4) is 28.4 Å². The first kappa shape index (κ1) is 22.0. The van der Waals surface area contributed by atoms with Crippen LogP contribution in [-0.2, 0) is 16.0 Å². The van der Waals surface area contributed by atoms with E-state index in [0.29, 0.717) is 35.0 Å². The van der Waals surface area contributed by atoms with Gasteiger partial charge in [0.05, 0.1) is 32.8 Å². The molecule has 2 aromatic rings. The van der Waals surface area contributed by atoms with Gasteiger partial charge in [0.25, 0.3) is 0 Å². The smallest absolute Gasteiger partial charge is 0.305 e. The summed E-state index contributed by atoms with van der Waals surface area (Å²) in [6.45, 7) is 1.96. The first-order chi connectivity index (χ1) is 14.5. The third kappa shape index (κ3) is 3.99. The van der Waals surface area contributed by atoms with Crippen LogP contribution in [0.2, 0.25) is 0 Å². The zero-order valence-corrected chi connectivity index (χ0v) is 18.7. The van der Waals surface area contributed by atoms with Crippen molar-refractivity contribution in [2.24, 2.45) is 0 Å². The third-order valence-electron chi connectivity index (χ3n) is 5.28. The van der Waals surface area contributed by atoms with Gasteiger partial charge in [-0.25, -0.2) is 0 Å². The van der Waals surface area contributed by atoms with Crippen LogP contribution in [0.3, 0.4) is 0 Å². The monoisotopic (exact) mass is 430 g/mol. The Hall–Kier alpha value is -2.67. The maximum Gasteiger partial charge on any atom is 0.305 e. The van der Waals surface area contributed by atoms with Crippen LogP contribution in [0.15, 0.2) is 34.0 Å². The van der Waals surface area contributed by atoms with Gasteiger partial charge in [0.1, 0.15) is 0 Å². The summed E-state index contributed by atoms with van der Waals surface area (Å²) in [4.78, 5) is 25.2. The molecule has 3 rings (SSSR count). The molecule has 0 fully saturated rings. The summed E-state index contributed by atoms with van der Waals surface area (Å²) in [5, 5.41) is 0. The number of fused-ring (bicyclic) bond motifs is 3. The second-order valence-electron chi connectivity index (χ2n) is 6.90. The SMILES string of the molecule is CCC(=O)OC[C@H]1Cc2cc(OC)c(OC)c(OC)c2-c2ccc(SC)c(=O)cc21. The fourth-order valence-corrected chi connectivity index (χ4v) is 4.31. The summed E-state index contributed by atoms with van der Waals surface area (Å²) >= 11 is 1.40. The molecular weight excluding hydrogens is 404 g/mol. The van der Waals surface area contributed by atoms with E-state index in [-0.39, 0.29) is 23.9 Å². The van der Waals surface area contributed by atoms with Gasteiger partial charge in [0, 0.05) is 17.9 Å². The van der Waals surface area contributed by atoms with Crippen molar-refractivity contribution in [3.63, 3.8) is 0 Å². The van der Waals surface area contributed by atoms with Crippen LogP contribution in [0, 0.1) is 0 Å². The molecule has 1 aliphatic rings. The van der Waals surface area contributed by atoms with Gasteiger partial charge >= 0.3 is 5.97 Å². The topological polar surface area (TPSA) is 71.1 Å². The predicted molar refractivity (Wildman–Crippen MR) is 117 cm³/mol. The number of rotatable bonds is 7. The molecule has 30 heavy (non-hydrogen) atoms. The zero-order chi connectivity index (χ0) is 21.8. The van der Waals surface area contributed by atoms with Crippen molar-refractivity contribution in [1.29, 1.82) is 0 Å². The molecule has 0 radical (unpaired) electrons. The van der Waals surface area contributed by atoms with Gasteiger partial charge in [-0.15, -0.1) is 11.8 Å². The van der Waals surface area contributed by atoms with Crippen LogP contribution in [0.4, 0.5) is 0 Å². The second kappa shape index (κ2) is 9.43. The van der Waals surface area contributed by atoms with Gasteiger partial charge in [-0.05, 0) is 47.6 Å². The summed E-state index contributed by atoms with van der Waals surface area (Å²) in [5.74, 6) is 1.21. The minimum absolute atomic E-state index is 0.0570. The zero-order valence-electron chi connectivity index (χ0n) is 17.9. The molecule has 0 saturated carbocycles. The maximum absolute atomic E-state index is 12.7. The Morgan fingerprint density at radius 1 is 1.10 bits per heavy atom. The van der Waals surface area contributed by atoms with Crippen molar-refractivity contribution in [2.45, 2.75) is 30.6 Å². The van der Waals surface area contributed by atoms with E-state index in [2.05, 4.69) is 0 Å². The number of hydrogen-bond donors (Lipinski definition) is 0. The summed E-state index contributed by atoms with van der Waals surface area (Å²) in [6.07, 6.45) is 2.76. The van der Waals surface area contributed by atoms with Crippen molar-refractivity contribution in [1.82, 2.24) is 0 Å². The van der Waals surface area contributed by atoms with E-state index in [1.165, 1.54) is 11.8 Å². The minimum Gasteiger partial charge on any atom is -0.493 e. The third-order valence-corrected chi connectivity index (χ3v) is 6.06. The first-order valence-corrected chi connectivity index (χ1v) is 10.9. The van der Waals surface area contributed by atoms with Crippen LogP contribution in [0.5, 0.6) is 17.2 Å². The Morgan fingerprint density at radius 2 is 1.83 bits per heavy atom. The van der Waals surface area contributed by atoms with Crippen LogP contribution in [0.1, 0.15) is 30.4 Å². The molecule has 0 saturated heterocycles. The van der Waals surface area contributed by atoms with Crippen LogP contribution in [-0.4, -0.2) is 40.2 Å². The van der Waals surface area contributed by atoms with Gasteiger partial charge in [0.2, 0.25) is 5.75 Å². The Balaban J connectivity index is 2.28. The lowest BCUT2D eigenvalue weighted by molar-refractivity contribution is -0.143. The fourth-order valence-electron chi connectivity index (χ4n) is 3.84. The van der Waals surface area contributed by atoms with Gasteiger partial charge in [0.15, 0.2) is 16.9 Å². The molecule has 0 N–H and O–H groups in total. The van der Waals surface area contributed by atoms with Crippen molar-refractivity contribution >= 4 is 17.7 Å². The van der Waals surface area contributed by atoms with E-state index >= 15 is 0 Å². The van der Waals surface area contributed by atoms with Gasteiger partial charge in [-0.2, -0.15) is 0 Å². The lowest BCUT2D eigenvalue weighted by atomic mass is 9.79. The number of thioether (sulfide) groups is 1. The molecule has 7 heteroatoms. The molecular formula is C23H26O6S. The Morgan fingerprint density at radius 3 is 2.43 bits per heavy atom. The highest BCUT2D eigenvalue weighted by molar-refractivity contribution is 7.98. The second-order valence-corrected chi connectivity index (χ2v) is 7.74. The Kier molecular flexibility index (Phi) is 6.92. The summed E-state index contributed by atoms with van der Waals surface area (Å²) in [7, 11) is 4.73. The highest BCUT2D eigenvalue weighted by Crippen LogP contribution is 2.51. The standard InChI is InChI=1S/C23H26O6S/c1-6-20(25)29-12-14-9-13-10-18(26-2)22(27-3)23(28-4)21(13)15-7-8-19(30-5)17(24)11-16(14)15/h7-8,10-11,14H,6,9,12H2,1-5H3/t14-/m1/s1. The predicted octanol–water partition coefficient (Wildman–Crippen LogP) is 4.05. The highest BCUT2D eigenvalue weighted by atomic mass is 32.2. The number of ether oxygens (including phenoxy) is 4. The molecule has 160 valence electrons. The first-order valence-electron chi connectivity index (χ1n) is 9.69. The molecule has 1 aliphatic carbocycles. The minimum atomic E-state index is -0.264. The molecule has 0 heterocycles. The quantitative estimate of drug-likeness (QED) is 0.485. The van der Waals surface area contributed by atoms with Crippen molar-refractivity contribution in [2.75, 3.05) is 34.2 Å². The summed E-state index contributed by atoms with van der Waals surface area (Å²) in [6, 6.07) is 7.34. The molecule has 0 bridgehead atoms. The van der Waals surface area contributed by atoms with Crippen LogP contribution >= 0.6 is 11.8 Å². The van der Waals surface area contributed by atoms with E-state index < -0.39 is 0 Å². The molecule has 0 spiro atoms. The number of carbonyl (C=O) groups excluding carboxylic acids is 1. The molecule has 0 aromatic heterocycles. The molecule has 1 atom stereocenters.